The highest BCUT2D eigenvalue weighted by Crippen LogP contribution is 2.35. The molecule has 2 aromatic carbocycles. The number of aryl methyl sites for hydroxylation is 1. The van der Waals surface area contributed by atoms with Crippen LogP contribution in [-0.2, 0) is 40.4 Å². The van der Waals surface area contributed by atoms with Crippen LogP contribution in [0.15, 0.2) is 73.1 Å². The standard InChI is InChI=1S/C42H41N7O5/c1-3-37-45-40(36-25-47(26(2)50)18-19-48(36)37)30-12-8-11-28-21-34(43-23-32(28)30)29-14-17-39(44-22-29)54-20-6-4-5-9-27-10-7-13-31-33(27)24-49(42(31)53)35-15-16-38(51)46-41(35)52/h5,7-14,17,21-23,35H,3-4,6,15-16,18-20,24-25H2,1-2H3,(H,46,51,52)/b9-5+. The summed E-state index contributed by atoms with van der Waals surface area (Å²) in [6, 6.07) is 17.1. The maximum Gasteiger partial charge on any atom is 0.255 e. The third kappa shape index (κ3) is 6.63. The van der Waals surface area contributed by atoms with E-state index in [1.54, 1.807) is 24.1 Å². The lowest BCUT2D eigenvalue weighted by Gasteiger charge is -2.29. The van der Waals surface area contributed by atoms with E-state index in [9.17, 15) is 19.2 Å². The Morgan fingerprint density at radius 3 is 2.65 bits per heavy atom. The number of rotatable bonds is 10. The van der Waals surface area contributed by atoms with Crippen molar-refractivity contribution in [2.45, 2.75) is 71.6 Å². The largest absolute Gasteiger partial charge is 0.478 e. The minimum Gasteiger partial charge on any atom is -0.478 e. The van der Waals surface area contributed by atoms with E-state index >= 15 is 0 Å². The first-order chi connectivity index (χ1) is 26.3. The highest BCUT2D eigenvalue weighted by Gasteiger charge is 2.39. The maximum atomic E-state index is 13.1. The Morgan fingerprint density at radius 1 is 1.00 bits per heavy atom. The Balaban J connectivity index is 0.882. The summed E-state index contributed by atoms with van der Waals surface area (Å²) in [4.78, 5) is 67.2. The molecule has 3 aliphatic rings. The van der Waals surface area contributed by atoms with Crippen LogP contribution in [0.2, 0.25) is 0 Å². The molecule has 4 amide bonds. The SMILES string of the molecule is CCc1nc(-c2cccc3cc(-c4ccc(OCCC/C=C/c5cccc6c5CN(C5CCC(=O)NC5=O)C6=O)nc4)ncc23)c2n1CCN(C(C)=O)C2. The molecule has 54 heavy (non-hydrogen) atoms. The summed E-state index contributed by atoms with van der Waals surface area (Å²) in [6.07, 6.45) is 10.7. The van der Waals surface area contributed by atoms with E-state index in [2.05, 4.69) is 46.1 Å². The van der Waals surface area contributed by atoms with Gasteiger partial charge in [-0.25, -0.2) is 9.97 Å². The lowest BCUT2D eigenvalue weighted by molar-refractivity contribution is -0.137. The lowest BCUT2D eigenvalue weighted by atomic mass is 10.0. The number of piperidine rings is 1. The normalized spacial score (nSPS) is 16.9. The van der Waals surface area contributed by atoms with Crippen molar-refractivity contribution in [1.82, 2.24) is 34.6 Å². The molecule has 1 N–H and O–H groups in total. The van der Waals surface area contributed by atoms with E-state index in [-0.39, 0.29) is 24.1 Å². The molecular weight excluding hydrogens is 683 g/mol. The Bertz CT molecular complexity index is 2330. The van der Waals surface area contributed by atoms with Crippen molar-refractivity contribution in [3.8, 4) is 28.4 Å². The number of aromatic nitrogens is 4. The van der Waals surface area contributed by atoms with E-state index in [4.69, 9.17) is 14.7 Å². The molecule has 12 heteroatoms. The van der Waals surface area contributed by atoms with Gasteiger partial charge in [-0.1, -0.05) is 49.4 Å². The first-order valence-electron chi connectivity index (χ1n) is 18.5. The molecule has 274 valence electrons. The van der Waals surface area contributed by atoms with E-state index in [1.807, 2.05) is 47.5 Å². The van der Waals surface area contributed by atoms with Gasteiger partial charge in [-0.05, 0) is 54.0 Å². The molecule has 5 aromatic rings. The predicted molar refractivity (Wildman–Crippen MR) is 203 cm³/mol. The Morgan fingerprint density at radius 2 is 1.85 bits per heavy atom. The highest BCUT2D eigenvalue weighted by atomic mass is 16.5. The van der Waals surface area contributed by atoms with Gasteiger partial charge in [0, 0.05) is 79.9 Å². The van der Waals surface area contributed by atoms with Gasteiger partial charge in [-0.2, -0.15) is 0 Å². The molecule has 0 aliphatic carbocycles. The van der Waals surface area contributed by atoms with Crippen LogP contribution in [0, 0.1) is 0 Å². The van der Waals surface area contributed by atoms with Crippen molar-refractivity contribution in [3.05, 3.63) is 101 Å². The molecule has 1 fully saturated rings. The first-order valence-corrected chi connectivity index (χ1v) is 18.5. The van der Waals surface area contributed by atoms with Crippen molar-refractivity contribution >= 4 is 40.5 Å². The molecule has 0 saturated carbocycles. The number of fused-ring (bicyclic) bond motifs is 3. The zero-order valence-corrected chi connectivity index (χ0v) is 30.4. The number of nitrogens with zero attached hydrogens (tertiary/aromatic N) is 6. The number of carbonyl (C=O) groups excluding carboxylic acids is 4. The van der Waals surface area contributed by atoms with E-state index < -0.39 is 11.9 Å². The van der Waals surface area contributed by atoms with Gasteiger partial charge in [0.25, 0.3) is 5.91 Å². The molecule has 1 saturated heterocycles. The lowest BCUT2D eigenvalue weighted by Crippen LogP contribution is -2.52. The zero-order chi connectivity index (χ0) is 37.3. The summed E-state index contributed by atoms with van der Waals surface area (Å²) in [5.74, 6) is 0.761. The van der Waals surface area contributed by atoms with Gasteiger partial charge < -0.3 is 19.1 Å². The van der Waals surface area contributed by atoms with Gasteiger partial charge in [-0.15, -0.1) is 0 Å². The molecule has 6 heterocycles. The number of carbonyl (C=O) groups is 4. The molecule has 8 rings (SSSR count). The zero-order valence-electron chi connectivity index (χ0n) is 30.4. The second kappa shape index (κ2) is 14.7. The summed E-state index contributed by atoms with van der Waals surface area (Å²) in [6.45, 7) is 6.55. The Kier molecular flexibility index (Phi) is 9.49. The molecule has 0 spiro atoms. The Hall–Kier alpha value is -6.17. The number of imide groups is 1. The van der Waals surface area contributed by atoms with E-state index in [0.717, 1.165) is 81.7 Å². The minimum atomic E-state index is -0.632. The fraction of sp³-hybridized carbons (Fsp3) is 0.310. The summed E-state index contributed by atoms with van der Waals surface area (Å²) < 4.78 is 8.20. The maximum absolute atomic E-state index is 13.1. The summed E-state index contributed by atoms with van der Waals surface area (Å²) in [5.41, 5.74) is 7.12. The smallest absolute Gasteiger partial charge is 0.255 e. The number of allylic oxidation sites excluding steroid dienone is 1. The predicted octanol–water partition coefficient (Wildman–Crippen LogP) is 5.72. The number of benzene rings is 2. The van der Waals surface area contributed by atoms with Crippen molar-refractivity contribution in [1.29, 1.82) is 0 Å². The van der Waals surface area contributed by atoms with E-state index in [0.29, 0.717) is 44.1 Å². The number of ether oxygens (including phenoxy) is 1. The number of imidazole rings is 1. The quantitative estimate of drug-likeness (QED) is 0.143. The van der Waals surface area contributed by atoms with Crippen LogP contribution in [0.25, 0.3) is 39.4 Å². The minimum absolute atomic E-state index is 0.0729. The number of unbranched alkanes of at least 4 members (excludes halogenated alkanes) is 1. The Labute approximate surface area is 312 Å². The number of pyridine rings is 2. The topological polar surface area (TPSA) is 140 Å². The van der Waals surface area contributed by atoms with Crippen LogP contribution in [-0.4, -0.2) is 72.1 Å². The van der Waals surface area contributed by atoms with Gasteiger partial charge in [0.2, 0.25) is 23.6 Å². The van der Waals surface area contributed by atoms with Crippen LogP contribution in [0.3, 0.4) is 0 Å². The fourth-order valence-corrected chi connectivity index (χ4v) is 7.70. The average molecular weight is 724 g/mol. The van der Waals surface area contributed by atoms with Crippen molar-refractivity contribution in [2.24, 2.45) is 0 Å². The second-order valence-corrected chi connectivity index (χ2v) is 13.9. The number of hydrogen-bond acceptors (Lipinski definition) is 8. The van der Waals surface area contributed by atoms with Crippen molar-refractivity contribution in [2.75, 3.05) is 13.2 Å². The van der Waals surface area contributed by atoms with Gasteiger partial charge in [0.05, 0.1) is 30.2 Å². The number of amides is 4. The average Bonchev–Trinajstić information content (AvgIpc) is 3.73. The third-order valence-electron chi connectivity index (χ3n) is 10.6. The van der Waals surface area contributed by atoms with Gasteiger partial charge >= 0.3 is 0 Å². The fourth-order valence-electron chi connectivity index (χ4n) is 7.70. The summed E-state index contributed by atoms with van der Waals surface area (Å²) in [5, 5.41) is 4.40. The molecule has 3 aliphatic heterocycles. The van der Waals surface area contributed by atoms with Crippen molar-refractivity contribution in [3.63, 3.8) is 0 Å². The van der Waals surface area contributed by atoms with Crippen LogP contribution in [0.4, 0.5) is 0 Å². The van der Waals surface area contributed by atoms with Crippen LogP contribution in [0.1, 0.15) is 72.5 Å². The second-order valence-electron chi connectivity index (χ2n) is 13.9. The molecular formula is C42H41N7O5. The first kappa shape index (κ1) is 34.9. The van der Waals surface area contributed by atoms with Crippen molar-refractivity contribution < 1.29 is 23.9 Å². The van der Waals surface area contributed by atoms with Crippen LogP contribution >= 0.6 is 0 Å². The molecule has 3 aromatic heterocycles. The summed E-state index contributed by atoms with van der Waals surface area (Å²) in [7, 11) is 0. The van der Waals surface area contributed by atoms with E-state index in [1.165, 1.54) is 0 Å². The summed E-state index contributed by atoms with van der Waals surface area (Å²) >= 11 is 0. The van der Waals surface area contributed by atoms with Gasteiger partial charge in [-0.3, -0.25) is 29.5 Å². The third-order valence-corrected chi connectivity index (χ3v) is 10.6. The molecule has 1 atom stereocenters. The van der Waals surface area contributed by atoms with Gasteiger partial charge in [0.1, 0.15) is 11.9 Å². The molecule has 0 bridgehead atoms. The molecule has 12 nitrogen and oxygen atoms in total. The molecule has 0 radical (unpaired) electrons. The monoisotopic (exact) mass is 723 g/mol. The highest BCUT2D eigenvalue weighted by molar-refractivity contribution is 6.06. The van der Waals surface area contributed by atoms with Crippen LogP contribution < -0.4 is 10.1 Å². The van der Waals surface area contributed by atoms with Crippen LogP contribution in [0.5, 0.6) is 5.88 Å². The number of hydrogen-bond donors (Lipinski definition) is 1. The molecule has 1 unspecified atom stereocenters. The van der Waals surface area contributed by atoms with Gasteiger partial charge in [0.15, 0.2) is 0 Å². The number of nitrogens with one attached hydrogen (secondary N) is 1.